The average molecular weight is 299 g/mol. The quantitative estimate of drug-likeness (QED) is 0.896. The molecule has 1 heterocycles. The van der Waals surface area contributed by atoms with E-state index >= 15 is 0 Å². The van der Waals surface area contributed by atoms with E-state index in [9.17, 15) is 13.2 Å². The Kier molecular flexibility index (Phi) is 4.47. The summed E-state index contributed by atoms with van der Waals surface area (Å²) in [6, 6.07) is 1.32. The van der Waals surface area contributed by atoms with E-state index in [0.717, 1.165) is 12.8 Å². The molecule has 0 unspecified atom stereocenters. The first-order valence-corrected chi connectivity index (χ1v) is 8.81. The van der Waals surface area contributed by atoms with Crippen molar-refractivity contribution in [1.29, 1.82) is 0 Å². The summed E-state index contributed by atoms with van der Waals surface area (Å²) in [6.07, 6.45) is 7.52. The van der Waals surface area contributed by atoms with Crippen molar-refractivity contribution in [3.63, 3.8) is 0 Å². The van der Waals surface area contributed by atoms with Crippen molar-refractivity contribution in [1.82, 2.24) is 15.1 Å². The van der Waals surface area contributed by atoms with Crippen LogP contribution in [0.5, 0.6) is 0 Å². The van der Waals surface area contributed by atoms with Gasteiger partial charge in [0.2, 0.25) is 5.91 Å². The maximum Gasteiger partial charge on any atom is 0.244 e. The van der Waals surface area contributed by atoms with Crippen LogP contribution in [-0.2, 0) is 14.6 Å². The summed E-state index contributed by atoms with van der Waals surface area (Å²) in [4.78, 5) is 12.1. The van der Waals surface area contributed by atoms with Crippen LogP contribution >= 0.6 is 0 Å². The number of nitrogens with zero attached hydrogens (tertiary/aromatic N) is 2. The zero-order valence-electron chi connectivity index (χ0n) is 11.8. The van der Waals surface area contributed by atoms with Crippen LogP contribution in [-0.4, -0.2) is 41.7 Å². The van der Waals surface area contributed by atoms with E-state index in [2.05, 4.69) is 10.4 Å². The van der Waals surface area contributed by atoms with Gasteiger partial charge < -0.3 is 5.32 Å². The van der Waals surface area contributed by atoms with Crippen LogP contribution in [0.2, 0.25) is 0 Å². The Balaban J connectivity index is 1.94. The molecule has 2 rings (SSSR count). The summed E-state index contributed by atoms with van der Waals surface area (Å²) >= 11 is 0. The first kappa shape index (κ1) is 15.0. The van der Waals surface area contributed by atoms with Crippen LogP contribution in [0, 0.1) is 0 Å². The molecule has 7 heteroatoms. The van der Waals surface area contributed by atoms with Crippen molar-refractivity contribution in [2.45, 2.75) is 49.9 Å². The molecule has 1 N–H and O–H groups in total. The Bertz CT molecular complexity index is 553. The molecule has 1 amide bonds. The fourth-order valence-corrected chi connectivity index (χ4v) is 3.79. The number of carbonyl (C=O) groups is 1. The number of carbonyl (C=O) groups excluding carboxylic acids is 1. The summed E-state index contributed by atoms with van der Waals surface area (Å²) in [5.74, 6) is -0.118. The minimum absolute atomic E-state index is 0.0611. The number of hydrogen-bond donors (Lipinski definition) is 1. The molecule has 1 aromatic rings. The van der Waals surface area contributed by atoms with Gasteiger partial charge in [0.05, 0.1) is 5.25 Å². The van der Waals surface area contributed by atoms with E-state index in [1.54, 1.807) is 30.1 Å². The van der Waals surface area contributed by atoms with Crippen molar-refractivity contribution in [2.24, 2.45) is 0 Å². The van der Waals surface area contributed by atoms with Gasteiger partial charge in [-0.15, -0.1) is 0 Å². The number of nitrogens with one attached hydrogen (secondary N) is 1. The molecule has 6 nitrogen and oxygen atoms in total. The zero-order valence-corrected chi connectivity index (χ0v) is 12.6. The van der Waals surface area contributed by atoms with Crippen molar-refractivity contribution < 1.29 is 13.2 Å². The number of sulfone groups is 1. The second-order valence-electron chi connectivity index (χ2n) is 5.49. The van der Waals surface area contributed by atoms with Crippen molar-refractivity contribution >= 4 is 15.7 Å². The molecule has 1 aliphatic rings. The molecular weight excluding hydrogens is 278 g/mol. The Labute approximate surface area is 119 Å². The predicted octanol–water partition coefficient (Wildman–Crippen LogP) is 0.916. The Morgan fingerprint density at radius 2 is 2.20 bits per heavy atom. The fraction of sp³-hybridized carbons (Fsp3) is 0.692. The maximum atomic E-state index is 12.1. The first-order valence-electron chi connectivity index (χ1n) is 6.86. The van der Waals surface area contributed by atoms with Gasteiger partial charge in [-0.25, -0.2) is 8.42 Å². The molecular formula is C13H21N3O3S. The summed E-state index contributed by atoms with van der Waals surface area (Å²) in [5.41, 5.74) is 0. The van der Waals surface area contributed by atoms with Gasteiger partial charge in [0.25, 0.3) is 0 Å². The first-order chi connectivity index (χ1) is 9.38. The molecule has 3 atom stereocenters. The van der Waals surface area contributed by atoms with Crippen LogP contribution in [0.3, 0.4) is 0 Å². The Morgan fingerprint density at radius 3 is 2.80 bits per heavy atom. The normalized spacial score (nSPS) is 25.1. The zero-order chi connectivity index (χ0) is 14.8. The molecule has 0 aliphatic heterocycles. The van der Waals surface area contributed by atoms with E-state index in [0.29, 0.717) is 12.8 Å². The average Bonchev–Trinajstić information content (AvgIpc) is 2.91. The molecule has 0 bridgehead atoms. The molecule has 0 aromatic carbocycles. The Hall–Kier alpha value is -1.37. The minimum Gasteiger partial charge on any atom is -0.351 e. The summed E-state index contributed by atoms with van der Waals surface area (Å²) in [5, 5.41) is 6.66. The second-order valence-corrected chi connectivity index (χ2v) is 7.81. The monoisotopic (exact) mass is 299 g/mol. The molecule has 20 heavy (non-hydrogen) atoms. The van der Waals surface area contributed by atoms with Gasteiger partial charge in [0.1, 0.15) is 15.9 Å². The van der Waals surface area contributed by atoms with Gasteiger partial charge in [-0.3, -0.25) is 9.48 Å². The summed E-state index contributed by atoms with van der Waals surface area (Å²) in [7, 11) is -3.03. The molecule has 112 valence electrons. The van der Waals surface area contributed by atoms with Gasteiger partial charge in [-0.1, -0.05) is 6.42 Å². The smallest absolute Gasteiger partial charge is 0.244 e. The second kappa shape index (κ2) is 5.95. The molecule has 0 saturated heterocycles. The summed E-state index contributed by atoms with van der Waals surface area (Å²) < 4.78 is 24.8. The van der Waals surface area contributed by atoms with E-state index in [1.165, 1.54) is 6.26 Å². The van der Waals surface area contributed by atoms with Gasteiger partial charge in [-0.2, -0.15) is 5.10 Å². The highest BCUT2D eigenvalue weighted by atomic mass is 32.2. The fourth-order valence-electron chi connectivity index (χ4n) is 2.62. The number of hydrogen-bond acceptors (Lipinski definition) is 4. The SMILES string of the molecule is C[C@H](C(=O)N[C@@H]1CCC[C@H](S(C)(=O)=O)C1)n1cccn1. The maximum absolute atomic E-state index is 12.1. The van der Waals surface area contributed by atoms with Crippen molar-refractivity contribution in [3.8, 4) is 0 Å². The number of rotatable bonds is 4. The van der Waals surface area contributed by atoms with Gasteiger partial charge >= 0.3 is 0 Å². The highest BCUT2D eigenvalue weighted by Gasteiger charge is 2.30. The molecule has 1 saturated carbocycles. The van der Waals surface area contributed by atoms with Crippen molar-refractivity contribution in [2.75, 3.05) is 6.26 Å². The molecule has 1 aromatic heterocycles. The number of aromatic nitrogens is 2. The molecule has 0 spiro atoms. The highest BCUT2D eigenvalue weighted by Crippen LogP contribution is 2.24. The van der Waals surface area contributed by atoms with Crippen LogP contribution in [0.4, 0.5) is 0 Å². The predicted molar refractivity (Wildman–Crippen MR) is 76.0 cm³/mol. The standard InChI is InChI=1S/C13H21N3O3S/c1-10(16-8-4-7-14-16)13(17)15-11-5-3-6-12(9-11)20(2,18)19/h4,7-8,10-12H,3,5-6,9H2,1-2H3,(H,15,17)/t10-,11-,12+/m1/s1. The van der Waals surface area contributed by atoms with E-state index < -0.39 is 9.84 Å². The lowest BCUT2D eigenvalue weighted by atomic mass is 9.95. The third kappa shape index (κ3) is 3.59. The number of amides is 1. The molecule has 1 aliphatic carbocycles. The lowest BCUT2D eigenvalue weighted by Gasteiger charge is -2.29. The minimum atomic E-state index is -3.03. The van der Waals surface area contributed by atoms with Gasteiger partial charge in [-0.05, 0) is 32.3 Å². The third-order valence-corrected chi connectivity index (χ3v) is 5.52. The van der Waals surface area contributed by atoms with Gasteiger partial charge in [0, 0.05) is 24.7 Å². The van der Waals surface area contributed by atoms with E-state index in [1.807, 2.05) is 0 Å². The molecule has 1 fully saturated rings. The van der Waals surface area contributed by atoms with Crippen LogP contribution in [0.15, 0.2) is 18.5 Å². The Morgan fingerprint density at radius 1 is 1.45 bits per heavy atom. The van der Waals surface area contributed by atoms with Gasteiger partial charge in [0.15, 0.2) is 0 Å². The van der Waals surface area contributed by atoms with E-state index in [4.69, 9.17) is 0 Å². The summed E-state index contributed by atoms with van der Waals surface area (Å²) in [6.45, 7) is 1.78. The van der Waals surface area contributed by atoms with Crippen LogP contribution in [0.25, 0.3) is 0 Å². The lowest BCUT2D eigenvalue weighted by Crippen LogP contribution is -2.44. The van der Waals surface area contributed by atoms with Crippen LogP contribution < -0.4 is 5.32 Å². The largest absolute Gasteiger partial charge is 0.351 e. The molecule has 0 radical (unpaired) electrons. The third-order valence-electron chi connectivity index (χ3n) is 3.88. The topological polar surface area (TPSA) is 81.1 Å². The highest BCUT2D eigenvalue weighted by molar-refractivity contribution is 7.91. The van der Waals surface area contributed by atoms with E-state index in [-0.39, 0.29) is 23.2 Å². The van der Waals surface area contributed by atoms with Crippen LogP contribution in [0.1, 0.15) is 38.6 Å². The lowest BCUT2D eigenvalue weighted by molar-refractivity contribution is -0.125. The van der Waals surface area contributed by atoms with Crippen molar-refractivity contribution in [3.05, 3.63) is 18.5 Å².